The minimum atomic E-state index is -1.23. The maximum atomic E-state index is 13.0. The molecule has 1 aliphatic heterocycles. The minimum Gasteiger partial charge on any atom is -0.478 e. The van der Waals surface area contributed by atoms with E-state index in [4.69, 9.17) is 14.6 Å². The molecule has 2 N–H and O–H groups in total. The number of nitrogens with one attached hydrogen (secondary N) is 1. The highest BCUT2D eigenvalue weighted by atomic mass is 19.1. The fourth-order valence-electron chi connectivity index (χ4n) is 1.95. The van der Waals surface area contributed by atoms with Crippen LogP contribution in [0.1, 0.15) is 16.8 Å². The third-order valence-electron chi connectivity index (χ3n) is 3.16. The molecule has 1 unspecified atom stereocenters. The number of carbonyl (C=O) groups is 1. The van der Waals surface area contributed by atoms with Gasteiger partial charge in [0.05, 0.1) is 12.8 Å². The lowest BCUT2D eigenvalue weighted by Gasteiger charge is -2.26. The summed E-state index contributed by atoms with van der Waals surface area (Å²) in [5, 5.41) is 11.9. The van der Waals surface area contributed by atoms with Gasteiger partial charge in [0.2, 0.25) is 0 Å². The zero-order chi connectivity index (χ0) is 13.9. The number of methoxy groups -OCH3 is 1. The maximum Gasteiger partial charge on any atom is 0.339 e. The molecule has 6 nitrogen and oxygen atoms in total. The monoisotopic (exact) mass is 270 g/mol. The standard InChI is InChI=1S/C12H15FN2O4/c1-18-12(2-3-19-7-12)6-15-10-9(11(16)17)4-8(13)5-14-10/h4-5H,2-3,6-7H2,1H3,(H,14,15)(H,16,17). The molecule has 1 atom stereocenters. The van der Waals surface area contributed by atoms with Gasteiger partial charge in [0.1, 0.15) is 22.8 Å². The number of carboxylic acids is 1. The molecular weight excluding hydrogens is 255 g/mol. The first-order valence-corrected chi connectivity index (χ1v) is 5.82. The number of nitrogens with zero attached hydrogens (tertiary/aromatic N) is 1. The van der Waals surface area contributed by atoms with E-state index in [2.05, 4.69) is 10.3 Å². The summed E-state index contributed by atoms with van der Waals surface area (Å²) in [5.74, 6) is -1.80. The van der Waals surface area contributed by atoms with Crippen molar-refractivity contribution < 1.29 is 23.8 Å². The Morgan fingerprint density at radius 2 is 2.53 bits per heavy atom. The summed E-state index contributed by atoms with van der Waals surface area (Å²) >= 11 is 0. The zero-order valence-corrected chi connectivity index (χ0v) is 10.5. The van der Waals surface area contributed by atoms with Crippen molar-refractivity contribution in [3.05, 3.63) is 23.6 Å². The lowest BCUT2D eigenvalue weighted by atomic mass is 10.0. The van der Waals surface area contributed by atoms with Crippen molar-refractivity contribution in [2.24, 2.45) is 0 Å². The first-order valence-electron chi connectivity index (χ1n) is 5.82. The molecule has 1 aromatic heterocycles. The van der Waals surface area contributed by atoms with Crippen LogP contribution < -0.4 is 5.32 Å². The molecule has 1 aromatic rings. The van der Waals surface area contributed by atoms with Gasteiger partial charge in [0.15, 0.2) is 0 Å². The average molecular weight is 270 g/mol. The van der Waals surface area contributed by atoms with Gasteiger partial charge in [-0.15, -0.1) is 0 Å². The van der Waals surface area contributed by atoms with Gasteiger partial charge in [-0.3, -0.25) is 0 Å². The molecule has 0 amide bonds. The molecular formula is C12H15FN2O4. The summed E-state index contributed by atoms with van der Waals surface area (Å²) in [6.45, 7) is 1.38. The van der Waals surface area contributed by atoms with Crippen molar-refractivity contribution in [1.82, 2.24) is 4.98 Å². The Labute approximate surface area is 109 Å². The molecule has 19 heavy (non-hydrogen) atoms. The van der Waals surface area contributed by atoms with Crippen molar-refractivity contribution in [3.63, 3.8) is 0 Å². The molecule has 1 aliphatic rings. The molecule has 7 heteroatoms. The lowest BCUT2D eigenvalue weighted by Crippen LogP contribution is -2.40. The van der Waals surface area contributed by atoms with Crippen LogP contribution in [0.3, 0.4) is 0 Å². The third kappa shape index (κ3) is 2.99. The molecule has 1 fully saturated rings. The van der Waals surface area contributed by atoms with Crippen LogP contribution in [0.2, 0.25) is 0 Å². The minimum absolute atomic E-state index is 0.122. The first kappa shape index (κ1) is 13.7. The van der Waals surface area contributed by atoms with E-state index in [0.717, 1.165) is 12.3 Å². The van der Waals surface area contributed by atoms with Crippen LogP contribution in [0.15, 0.2) is 12.3 Å². The van der Waals surface area contributed by atoms with E-state index in [-0.39, 0.29) is 11.4 Å². The van der Waals surface area contributed by atoms with Gasteiger partial charge in [-0.25, -0.2) is 14.2 Å². The molecule has 0 spiro atoms. The number of ether oxygens (including phenoxy) is 2. The van der Waals surface area contributed by atoms with Gasteiger partial charge in [-0.2, -0.15) is 0 Å². The predicted octanol–water partition coefficient (Wildman–Crippen LogP) is 1.14. The van der Waals surface area contributed by atoms with E-state index in [9.17, 15) is 9.18 Å². The number of anilines is 1. The number of pyridine rings is 1. The zero-order valence-electron chi connectivity index (χ0n) is 10.5. The quantitative estimate of drug-likeness (QED) is 0.835. The average Bonchev–Trinajstić information content (AvgIpc) is 2.86. The predicted molar refractivity (Wildman–Crippen MR) is 64.8 cm³/mol. The van der Waals surface area contributed by atoms with Gasteiger partial charge in [-0.1, -0.05) is 0 Å². The number of halogens is 1. The number of aromatic nitrogens is 1. The van der Waals surface area contributed by atoms with E-state index >= 15 is 0 Å². The SMILES string of the molecule is COC1(CNc2ncc(F)cc2C(=O)O)CCOC1. The Bertz CT molecular complexity index is 475. The summed E-state index contributed by atoms with van der Waals surface area (Å²) in [4.78, 5) is 14.8. The molecule has 0 bridgehead atoms. The lowest BCUT2D eigenvalue weighted by molar-refractivity contribution is -0.00627. The number of aromatic carboxylic acids is 1. The van der Waals surface area contributed by atoms with E-state index in [1.165, 1.54) is 0 Å². The summed E-state index contributed by atoms with van der Waals surface area (Å²) < 4.78 is 23.7. The van der Waals surface area contributed by atoms with Crippen LogP contribution in [0.25, 0.3) is 0 Å². The smallest absolute Gasteiger partial charge is 0.339 e. The third-order valence-corrected chi connectivity index (χ3v) is 3.16. The van der Waals surface area contributed by atoms with Gasteiger partial charge >= 0.3 is 5.97 Å². The summed E-state index contributed by atoms with van der Waals surface area (Å²) in [6, 6.07) is 0.933. The normalized spacial score (nSPS) is 22.4. The van der Waals surface area contributed by atoms with E-state index in [1.807, 2.05) is 0 Å². The number of hydrogen-bond acceptors (Lipinski definition) is 5. The Balaban J connectivity index is 2.13. The summed E-state index contributed by atoms with van der Waals surface area (Å²) in [5.41, 5.74) is -0.698. The molecule has 0 saturated carbocycles. The van der Waals surface area contributed by atoms with Gasteiger partial charge in [-0.05, 0) is 6.07 Å². The second-order valence-corrected chi connectivity index (χ2v) is 4.40. The van der Waals surface area contributed by atoms with Crippen molar-refractivity contribution in [3.8, 4) is 0 Å². The van der Waals surface area contributed by atoms with Gasteiger partial charge in [0, 0.05) is 26.7 Å². The highest BCUT2D eigenvalue weighted by molar-refractivity contribution is 5.93. The Hall–Kier alpha value is -1.73. The second kappa shape index (κ2) is 5.50. The van der Waals surface area contributed by atoms with Crippen LogP contribution in [-0.2, 0) is 9.47 Å². The summed E-state index contributed by atoms with van der Waals surface area (Å²) in [6.07, 6.45) is 1.68. The van der Waals surface area contributed by atoms with Crippen molar-refractivity contribution >= 4 is 11.8 Å². The van der Waals surface area contributed by atoms with Crippen LogP contribution in [0.5, 0.6) is 0 Å². The number of rotatable bonds is 5. The van der Waals surface area contributed by atoms with Crippen molar-refractivity contribution in [1.29, 1.82) is 0 Å². The molecule has 0 aromatic carbocycles. The fourth-order valence-corrected chi connectivity index (χ4v) is 1.95. The molecule has 1 saturated heterocycles. The van der Waals surface area contributed by atoms with Crippen LogP contribution in [0, 0.1) is 5.82 Å². The van der Waals surface area contributed by atoms with Crippen LogP contribution >= 0.6 is 0 Å². The van der Waals surface area contributed by atoms with E-state index < -0.39 is 17.4 Å². The highest BCUT2D eigenvalue weighted by Gasteiger charge is 2.35. The second-order valence-electron chi connectivity index (χ2n) is 4.40. The van der Waals surface area contributed by atoms with E-state index in [1.54, 1.807) is 7.11 Å². The molecule has 0 aliphatic carbocycles. The Morgan fingerprint density at radius 1 is 1.74 bits per heavy atom. The molecule has 2 heterocycles. The fraction of sp³-hybridized carbons (Fsp3) is 0.500. The van der Waals surface area contributed by atoms with Gasteiger partial charge in [0.25, 0.3) is 0 Å². The Morgan fingerprint density at radius 3 is 3.11 bits per heavy atom. The molecule has 2 rings (SSSR count). The van der Waals surface area contributed by atoms with Crippen molar-refractivity contribution in [2.45, 2.75) is 12.0 Å². The van der Waals surface area contributed by atoms with Crippen LogP contribution in [-0.4, -0.2) is 48.5 Å². The van der Waals surface area contributed by atoms with Gasteiger partial charge < -0.3 is 19.9 Å². The largest absolute Gasteiger partial charge is 0.478 e. The van der Waals surface area contributed by atoms with Crippen molar-refractivity contribution in [2.75, 3.05) is 32.2 Å². The number of hydrogen-bond donors (Lipinski definition) is 2. The Kier molecular flexibility index (Phi) is 3.96. The molecule has 0 radical (unpaired) electrons. The maximum absolute atomic E-state index is 13.0. The topological polar surface area (TPSA) is 80.7 Å². The number of carboxylic acid groups (broad SMARTS) is 1. The molecule has 104 valence electrons. The van der Waals surface area contributed by atoms with E-state index in [0.29, 0.717) is 26.2 Å². The first-order chi connectivity index (χ1) is 9.06. The highest BCUT2D eigenvalue weighted by Crippen LogP contribution is 2.23. The summed E-state index contributed by atoms with van der Waals surface area (Å²) in [7, 11) is 1.58. The van der Waals surface area contributed by atoms with Crippen LogP contribution in [0.4, 0.5) is 10.2 Å².